The molecule has 0 spiro atoms. The monoisotopic (exact) mass is 255 g/mol. The van der Waals surface area contributed by atoms with Crippen molar-refractivity contribution in [2.45, 2.75) is 38.7 Å². The molecule has 0 saturated carbocycles. The fourth-order valence-electron chi connectivity index (χ4n) is 1.59. The lowest BCUT2D eigenvalue weighted by Gasteiger charge is -2.21. The SMILES string of the molecule is CC(C)(C)NCCc1ccc(O)c(C(O)(O)O)c1. The fraction of sp³-hybridized carbons (Fsp3) is 0.538. The maximum atomic E-state index is 9.43. The maximum Gasteiger partial charge on any atom is 0.308 e. The Morgan fingerprint density at radius 1 is 1.11 bits per heavy atom. The minimum atomic E-state index is -3.02. The van der Waals surface area contributed by atoms with Gasteiger partial charge in [0.05, 0.1) is 5.56 Å². The van der Waals surface area contributed by atoms with Crippen LogP contribution in [0.2, 0.25) is 0 Å². The maximum absolute atomic E-state index is 9.43. The first-order valence-corrected chi connectivity index (χ1v) is 5.84. The summed E-state index contributed by atoms with van der Waals surface area (Å²) in [6.45, 7) is 6.86. The van der Waals surface area contributed by atoms with Crippen LogP contribution in [0.5, 0.6) is 5.75 Å². The molecule has 0 aliphatic heterocycles. The second kappa shape index (κ2) is 5.24. The van der Waals surface area contributed by atoms with Crippen LogP contribution >= 0.6 is 0 Å². The second-order valence-corrected chi connectivity index (χ2v) is 5.41. The molecule has 1 aromatic rings. The lowest BCUT2D eigenvalue weighted by atomic mass is 10.0. The summed E-state index contributed by atoms with van der Waals surface area (Å²) >= 11 is 0. The number of aliphatic hydroxyl groups is 3. The summed E-state index contributed by atoms with van der Waals surface area (Å²) < 4.78 is 0. The number of phenols is 1. The van der Waals surface area contributed by atoms with E-state index in [2.05, 4.69) is 26.1 Å². The van der Waals surface area contributed by atoms with E-state index in [9.17, 15) is 5.11 Å². The van der Waals surface area contributed by atoms with E-state index in [-0.39, 0.29) is 16.9 Å². The summed E-state index contributed by atoms with van der Waals surface area (Å²) in [5.41, 5.74) is 0.492. The molecule has 5 heteroatoms. The number of hydrogen-bond acceptors (Lipinski definition) is 5. The van der Waals surface area contributed by atoms with Crippen molar-refractivity contribution in [3.63, 3.8) is 0 Å². The van der Waals surface area contributed by atoms with Gasteiger partial charge in [0.1, 0.15) is 5.75 Å². The molecule has 0 unspecified atom stereocenters. The molecule has 0 amide bonds. The minimum Gasteiger partial charge on any atom is -0.507 e. The van der Waals surface area contributed by atoms with Crippen LogP contribution in [0, 0.1) is 0 Å². The average Bonchev–Trinajstić information content (AvgIpc) is 2.17. The highest BCUT2D eigenvalue weighted by molar-refractivity contribution is 5.38. The number of phenolic OH excluding ortho intramolecular Hbond substituents is 1. The fourth-order valence-corrected chi connectivity index (χ4v) is 1.59. The zero-order chi connectivity index (χ0) is 14.0. The van der Waals surface area contributed by atoms with Crippen LogP contribution in [0.4, 0.5) is 0 Å². The van der Waals surface area contributed by atoms with Gasteiger partial charge in [-0.05, 0) is 51.4 Å². The van der Waals surface area contributed by atoms with Crippen molar-refractivity contribution in [1.29, 1.82) is 0 Å². The van der Waals surface area contributed by atoms with Crippen LogP contribution in [0.15, 0.2) is 18.2 Å². The Bertz CT molecular complexity index is 404. The third kappa shape index (κ3) is 4.62. The Balaban J connectivity index is 2.74. The topological polar surface area (TPSA) is 93.0 Å². The molecule has 0 aromatic heterocycles. The molecule has 1 rings (SSSR count). The molecule has 0 aliphatic carbocycles. The van der Waals surface area contributed by atoms with E-state index in [0.29, 0.717) is 13.0 Å². The number of benzene rings is 1. The Hall–Kier alpha value is -1.14. The molecular formula is C13H21NO4. The van der Waals surface area contributed by atoms with Crippen LogP contribution < -0.4 is 5.32 Å². The van der Waals surface area contributed by atoms with Gasteiger partial charge in [-0.15, -0.1) is 0 Å². The number of hydrogen-bond donors (Lipinski definition) is 5. The van der Waals surface area contributed by atoms with Crippen LogP contribution in [0.1, 0.15) is 31.9 Å². The molecule has 0 atom stereocenters. The summed E-state index contributed by atoms with van der Waals surface area (Å²) in [5, 5.41) is 40.0. The van der Waals surface area contributed by atoms with Crippen LogP contribution in [0.3, 0.4) is 0 Å². The molecular weight excluding hydrogens is 234 g/mol. The summed E-state index contributed by atoms with van der Waals surface area (Å²) in [7, 11) is 0. The zero-order valence-corrected chi connectivity index (χ0v) is 10.9. The Kier molecular flexibility index (Phi) is 4.34. The van der Waals surface area contributed by atoms with E-state index >= 15 is 0 Å². The molecule has 0 fully saturated rings. The molecule has 0 bridgehead atoms. The standard InChI is InChI=1S/C13H21NO4/c1-12(2,3)14-7-6-9-4-5-11(15)10(8-9)13(16,17)18/h4-5,8,14-18H,6-7H2,1-3H3. The molecule has 0 radical (unpaired) electrons. The van der Waals surface area contributed by atoms with Gasteiger partial charge in [0, 0.05) is 5.54 Å². The van der Waals surface area contributed by atoms with Gasteiger partial charge >= 0.3 is 5.97 Å². The van der Waals surface area contributed by atoms with Crippen molar-refractivity contribution in [1.82, 2.24) is 5.32 Å². The molecule has 102 valence electrons. The first kappa shape index (κ1) is 14.9. The predicted octanol–water partition coefficient (Wildman–Crippen LogP) is 0.410. The van der Waals surface area contributed by atoms with Crippen molar-refractivity contribution in [2.24, 2.45) is 0 Å². The van der Waals surface area contributed by atoms with Crippen LogP contribution in [-0.4, -0.2) is 32.5 Å². The van der Waals surface area contributed by atoms with E-state index in [1.54, 1.807) is 6.07 Å². The van der Waals surface area contributed by atoms with E-state index in [4.69, 9.17) is 15.3 Å². The normalized spacial score (nSPS) is 12.8. The van der Waals surface area contributed by atoms with Gasteiger partial charge in [0.25, 0.3) is 0 Å². The van der Waals surface area contributed by atoms with E-state index in [1.165, 1.54) is 12.1 Å². The summed E-state index contributed by atoms with van der Waals surface area (Å²) in [4.78, 5) is 0. The van der Waals surface area contributed by atoms with Crippen molar-refractivity contribution < 1.29 is 20.4 Å². The molecule has 0 heterocycles. The molecule has 0 aliphatic rings. The van der Waals surface area contributed by atoms with Crippen molar-refractivity contribution in [3.8, 4) is 5.75 Å². The highest BCUT2D eigenvalue weighted by atomic mass is 16.7. The summed E-state index contributed by atoms with van der Waals surface area (Å²) in [6, 6.07) is 4.38. The van der Waals surface area contributed by atoms with Gasteiger partial charge in [0.15, 0.2) is 0 Å². The van der Waals surface area contributed by atoms with Crippen LogP contribution in [-0.2, 0) is 12.4 Å². The van der Waals surface area contributed by atoms with Gasteiger partial charge in [-0.3, -0.25) is 0 Å². The third-order valence-electron chi connectivity index (χ3n) is 2.49. The minimum absolute atomic E-state index is 0.00838. The Morgan fingerprint density at radius 2 is 1.72 bits per heavy atom. The van der Waals surface area contributed by atoms with Gasteiger partial charge in [-0.25, -0.2) is 0 Å². The number of nitrogens with one attached hydrogen (secondary N) is 1. The van der Waals surface area contributed by atoms with E-state index in [1.807, 2.05) is 0 Å². The molecule has 5 nitrogen and oxygen atoms in total. The second-order valence-electron chi connectivity index (χ2n) is 5.41. The van der Waals surface area contributed by atoms with Crippen LogP contribution in [0.25, 0.3) is 0 Å². The Labute approximate surface area is 107 Å². The summed E-state index contributed by atoms with van der Waals surface area (Å²) in [5.74, 6) is -3.37. The Morgan fingerprint density at radius 3 is 2.22 bits per heavy atom. The quantitative estimate of drug-likeness (QED) is 0.503. The van der Waals surface area contributed by atoms with Crippen molar-refractivity contribution in [3.05, 3.63) is 29.3 Å². The average molecular weight is 255 g/mol. The van der Waals surface area contributed by atoms with Crippen molar-refractivity contribution in [2.75, 3.05) is 6.54 Å². The summed E-state index contributed by atoms with van der Waals surface area (Å²) in [6.07, 6.45) is 0.653. The van der Waals surface area contributed by atoms with Gasteiger partial charge in [-0.2, -0.15) is 0 Å². The number of aromatic hydroxyl groups is 1. The van der Waals surface area contributed by atoms with E-state index < -0.39 is 5.97 Å². The smallest absolute Gasteiger partial charge is 0.308 e. The first-order valence-electron chi connectivity index (χ1n) is 5.84. The highest BCUT2D eigenvalue weighted by Gasteiger charge is 2.25. The lowest BCUT2D eigenvalue weighted by molar-refractivity contribution is -0.324. The van der Waals surface area contributed by atoms with Crippen molar-refractivity contribution >= 4 is 0 Å². The predicted molar refractivity (Wildman–Crippen MR) is 67.9 cm³/mol. The van der Waals surface area contributed by atoms with Gasteiger partial charge in [0.2, 0.25) is 0 Å². The van der Waals surface area contributed by atoms with Gasteiger partial charge in [-0.1, -0.05) is 6.07 Å². The highest BCUT2D eigenvalue weighted by Crippen LogP contribution is 2.26. The molecule has 5 N–H and O–H groups in total. The lowest BCUT2D eigenvalue weighted by Crippen LogP contribution is -2.37. The number of rotatable bonds is 4. The van der Waals surface area contributed by atoms with E-state index in [0.717, 1.165) is 5.56 Å². The molecule has 0 saturated heterocycles. The third-order valence-corrected chi connectivity index (χ3v) is 2.49. The largest absolute Gasteiger partial charge is 0.507 e. The zero-order valence-electron chi connectivity index (χ0n) is 10.9. The first-order chi connectivity index (χ1) is 8.09. The molecule has 18 heavy (non-hydrogen) atoms. The van der Waals surface area contributed by atoms with Gasteiger partial charge < -0.3 is 25.7 Å². The molecule has 1 aromatic carbocycles.